The number of ether oxygens (including phenoxy) is 1. The van der Waals surface area contributed by atoms with Crippen LogP contribution >= 0.6 is 15.9 Å². The van der Waals surface area contributed by atoms with Crippen LogP contribution < -0.4 is 10.5 Å². The Hall–Kier alpha value is -1.32. The van der Waals surface area contributed by atoms with Crippen molar-refractivity contribution in [3.05, 3.63) is 58.1 Å². The number of nitrogens with two attached hydrogens (primary N) is 1. The Kier molecular flexibility index (Phi) is 4.61. The van der Waals surface area contributed by atoms with E-state index in [1.807, 2.05) is 49.4 Å². The van der Waals surface area contributed by atoms with Gasteiger partial charge in [-0.15, -0.1) is 0 Å². The molecule has 100 valence electrons. The predicted octanol–water partition coefficient (Wildman–Crippen LogP) is 4.96. The molecule has 0 aliphatic heterocycles. The van der Waals surface area contributed by atoms with Gasteiger partial charge in [0.2, 0.25) is 0 Å². The second-order valence-corrected chi connectivity index (χ2v) is 5.45. The van der Waals surface area contributed by atoms with Crippen molar-refractivity contribution in [1.29, 1.82) is 0 Å². The fourth-order valence-corrected chi connectivity index (χ4v) is 2.08. The van der Waals surface area contributed by atoms with Gasteiger partial charge >= 0.3 is 0 Å². The van der Waals surface area contributed by atoms with Crippen LogP contribution in [0.25, 0.3) is 0 Å². The minimum atomic E-state index is 0.101. The Morgan fingerprint density at radius 2 is 1.74 bits per heavy atom. The van der Waals surface area contributed by atoms with E-state index in [2.05, 4.69) is 22.9 Å². The zero-order valence-corrected chi connectivity index (χ0v) is 12.8. The third kappa shape index (κ3) is 3.58. The van der Waals surface area contributed by atoms with Crippen LogP contribution in [-0.4, -0.2) is 0 Å². The molecule has 2 rings (SSSR count). The third-order valence-electron chi connectivity index (χ3n) is 3.11. The fraction of sp³-hybridized carbons (Fsp3) is 0.250. The van der Waals surface area contributed by atoms with Crippen LogP contribution in [0, 0.1) is 6.92 Å². The van der Waals surface area contributed by atoms with Gasteiger partial charge in [0, 0.05) is 10.5 Å². The largest absolute Gasteiger partial charge is 0.457 e. The Morgan fingerprint density at radius 3 is 2.32 bits per heavy atom. The molecule has 0 bridgehead atoms. The highest BCUT2D eigenvalue weighted by atomic mass is 79.9. The molecular weight excluding hydrogens is 302 g/mol. The second kappa shape index (κ2) is 6.22. The molecule has 2 aromatic carbocycles. The van der Waals surface area contributed by atoms with Gasteiger partial charge in [-0.1, -0.05) is 35.0 Å². The third-order valence-corrected chi connectivity index (χ3v) is 4.00. The average Bonchev–Trinajstić information content (AvgIpc) is 2.43. The van der Waals surface area contributed by atoms with E-state index in [0.717, 1.165) is 33.5 Å². The van der Waals surface area contributed by atoms with Crippen LogP contribution in [0.3, 0.4) is 0 Å². The van der Waals surface area contributed by atoms with Gasteiger partial charge in [0.25, 0.3) is 0 Å². The molecule has 0 saturated carbocycles. The summed E-state index contributed by atoms with van der Waals surface area (Å²) in [6.45, 7) is 4.12. The van der Waals surface area contributed by atoms with Crippen molar-refractivity contribution in [2.75, 3.05) is 0 Å². The lowest BCUT2D eigenvalue weighted by molar-refractivity contribution is 0.481. The van der Waals surface area contributed by atoms with Gasteiger partial charge in [-0.2, -0.15) is 0 Å². The summed E-state index contributed by atoms with van der Waals surface area (Å²) in [7, 11) is 0. The van der Waals surface area contributed by atoms with Crippen molar-refractivity contribution in [2.24, 2.45) is 5.73 Å². The fourth-order valence-electron chi connectivity index (χ4n) is 1.84. The minimum Gasteiger partial charge on any atom is -0.457 e. The van der Waals surface area contributed by atoms with Gasteiger partial charge < -0.3 is 10.5 Å². The molecule has 0 heterocycles. The molecule has 0 radical (unpaired) electrons. The topological polar surface area (TPSA) is 35.2 Å². The van der Waals surface area contributed by atoms with Gasteiger partial charge in [0.15, 0.2) is 0 Å². The zero-order valence-electron chi connectivity index (χ0n) is 11.2. The first-order chi connectivity index (χ1) is 9.10. The van der Waals surface area contributed by atoms with Crippen LogP contribution in [0.2, 0.25) is 0 Å². The predicted molar refractivity (Wildman–Crippen MR) is 82.6 cm³/mol. The van der Waals surface area contributed by atoms with E-state index < -0.39 is 0 Å². The summed E-state index contributed by atoms with van der Waals surface area (Å²) in [5, 5.41) is 0. The van der Waals surface area contributed by atoms with Crippen molar-refractivity contribution < 1.29 is 4.74 Å². The van der Waals surface area contributed by atoms with Gasteiger partial charge in [-0.05, 0) is 54.8 Å². The molecule has 0 spiro atoms. The summed E-state index contributed by atoms with van der Waals surface area (Å²) in [5.74, 6) is 1.67. The lowest BCUT2D eigenvalue weighted by Crippen LogP contribution is -2.07. The van der Waals surface area contributed by atoms with Crippen molar-refractivity contribution in [1.82, 2.24) is 0 Å². The highest BCUT2D eigenvalue weighted by Gasteiger charge is 2.04. The summed E-state index contributed by atoms with van der Waals surface area (Å²) in [4.78, 5) is 0. The molecule has 1 unspecified atom stereocenters. The monoisotopic (exact) mass is 319 g/mol. The molecule has 2 N–H and O–H groups in total. The number of benzene rings is 2. The first-order valence-electron chi connectivity index (χ1n) is 6.39. The maximum absolute atomic E-state index is 5.99. The summed E-state index contributed by atoms with van der Waals surface area (Å²) >= 11 is 3.48. The summed E-state index contributed by atoms with van der Waals surface area (Å²) in [6, 6.07) is 14.0. The lowest BCUT2D eigenvalue weighted by atomic mass is 10.1. The van der Waals surface area contributed by atoms with E-state index in [4.69, 9.17) is 10.5 Å². The standard InChI is InChI=1S/C16H18BrNO/c1-3-16(18)12-4-6-13(7-5-12)19-14-8-9-15(17)11(2)10-14/h4-10,16H,3,18H2,1-2H3. The highest BCUT2D eigenvalue weighted by molar-refractivity contribution is 9.10. The summed E-state index contributed by atoms with van der Waals surface area (Å²) < 4.78 is 6.91. The van der Waals surface area contributed by atoms with Crippen LogP contribution in [0.4, 0.5) is 0 Å². The summed E-state index contributed by atoms with van der Waals surface area (Å²) in [6.07, 6.45) is 0.937. The molecule has 1 atom stereocenters. The number of hydrogen-bond acceptors (Lipinski definition) is 2. The van der Waals surface area contributed by atoms with Crippen LogP contribution in [0.5, 0.6) is 11.5 Å². The van der Waals surface area contributed by atoms with Crippen molar-refractivity contribution in [3.63, 3.8) is 0 Å². The first-order valence-corrected chi connectivity index (χ1v) is 7.19. The molecular formula is C16H18BrNO. The van der Waals surface area contributed by atoms with E-state index in [0.29, 0.717) is 0 Å². The van der Waals surface area contributed by atoms with E-state index >= 15 is 0 Å². The van der Waals surface area contributed by atoms with Crippen LogP contribution in [0.15, 0.2) is 46.9 Å². The molecule has 19 heavy (non-hydrogen) atoms. The van der Waals surface area contributed by atoms with Crippen molar-refractivity contribution in [2.45, 2.75) is 26.3 Å². The molecule has 3 heteroatoms. The Morgan fingerprint density at radius 1 is 1.11 bits per heavy atom. The number of halogens is 1. The average molecular weight is 320 g/mol. The Bertz CT molecular complexity index is 551. The second-order valence-electron chi connectivity index (χ2n) is 4.60. The molecule has 0 aliphatic rings. The van der Waals surface area contributed by atoms with E-state index in [9.17, 15) is 0 Å². The van der Waals surface area contributed by atoms with Crippen molar-refractivity contribution in [3.8, 4) is 11.5 Å². The van der Waals surface area contributed by atoms with Gasteiger partial charge in [-0.25, -0.2) is 0 Å². The van der Waals surface area contributed by atoms with E-state index in [1.165, 1.54) is 0 Å². The molecule has 2 nitrogen and oxygen atoms in total. The minimum absolute atomic E-state index is 0.101. The number of rotatable bonds is 4. The molecule has 0 aliphatic carbocycles. The van der Waals surface area contributed by atoms with Crippen molar-refractivity contribution >= 4 is 15.9 Å². The normalized spacial score (nSPS) is 12.2. The highest BCUT2D eigenvalue weighted by Crippen LogP contribution is 2.27. The number of aryl methyl sites for hydroxylation is 1. The summed E-state index contributed by atoms with van der Waals surface area (Å²) in [5.41, 5.74) is 8.28. The number of hydrogen-bond donors (Lipinski definition) is 1. The lowest BCUT2D eigenvalue weighted by Gasteiger charge is -2.11. The molecule has 0 fully saturated rings. The molecule has 2 aromatic rings. The Labute approximate surface area is 122 Å². The molecule has 0 amide bonds. The van der Waals surface area contributed by atoms with Crippen LogP contribution in [0.1, 0.15) is 30.5 Å². The van der Waals surface area contributed by atoms with E-state index in [-0.39, 0.29) is 6.04 Å². The zero-order chi connectivity index (χ0) is 13.8. The van der Waals surface area contributed by atoms with Gasteiger partial charge in [0.1, 0.15) is 11.5 Å². The maximum atomic E-state index is 5.99. The molecule has 0 aromatic heterocycles. The van der Waals surface area contributed by atoms with Crippen LogP contribution in [-0.2, 0) is 0 Å². The maximum Gasteiger partial charge on any atom is 0.127 e. The Balaban J connectivity index is 2.12. The first kappa shape index (κ1) is 14.1. The van der Waals surface area contributed by atoms with Gasteiger partial charge in [0.05, 0.1) is 0 Å². The molecule has 0 saturated heterocycles. The van der Waals surface area contributed by atoms with E-state index in [1.54, 1.807) is 0 Å². The van der Waals surface area contributed by atoms with Gasteiger partial charge in [-0.3, -0.25) is 0 Å². The smallest absolute Gasteiger partial charge is 0.127 e. The quantitative estimate of drug-likeness (QED) is 0.864. The SMILES string of the molecule is CCC(N)c1ccc(Oc2ccc(Br)c(C)c2)cc1.